The highest BCUT2D eigenvalue weighted by Gasteiger charge is 2.60. The maximum atomic E-state index is 13.9. The third kappa shape index (κ3) is 4.79. The molecule has 0 radical (unpaired) electrons. The third-order valence-electron chi connectivity index (χ3n) is 11.2. The van der Waals surface area contributed by atoms with Crippen molar-refractivity contribution in [3.05, 3.63) is 41.0 Å². The number of likely N-dealkylation sites (tertiary alicyclic amines) is 1. The second kappa shape index (κ2) is 10.5. The minimum absolute atomic E-state index is 0.130. The number of Topliss-reactive ketones (excluding diaryl/α,β-unsaturated/α-hetero) is 1. The van der Waals surface area contributed by atoms with Gasteiger partial charge in [0.1, 0.15) is 6.61 Å². The molecule has 4 aliphatic carbocycles. The van der Waals surface area contributed by atoms with Crippen LogP contribution in [0.2, 0.25) is 0 Å². The Morgan fingerprint density at radius 1 is 0.974 bits per heavy atom. The molecule has 6 rings (SSSR count). The summed E-state index contributed by atoms with van der Waals surface area (Å²) in [7, 11) is 1.69. The molecule has 0 aromatic heterocycles. The Bertz CT molecular complexity index is 1190. The van der Waals surface area contributed by atoms with Crippen molar-refractivity contribution in [2.45, 2.75) is 78.1 Å². The predicted molar refractivity (Wildman–Crippen MR) is 154 cm³/mol. The summed E-state index contributed by atoms with van der Waals surface area (Å²) in [5.74, 6) is 3.67. The van der Waals surface area contributed by atoms with E-state index in [0.29, 0.717) is 42.3 Å². The first-order valence-corrected chi connectivity index (χ1v) is 15.3. The fourth-order valence-corrected chi connectivity index (χ4v) is 8.92. The van der Waals surface area contributed by atoms with Gasteiger partial charge in [-0.1, -0.05) is 31.9 Å². The monoisotopic (exact) mass is 531 g/mol. The van der Waals surface area contributed by atoms with Crippen molar-refractivity contribution in [1.29, 1.82) is 0 Å². The summed E-state index contributed by atoms with van der Waals surface area (Å²) in [5, 5.41) is 0. The lowest BCUT2D eigenvalue weighted by molar-refractivity contribution is -0.130. The zero-order chi connectivity index (χ0) is 27.2. The fourth-order valence-electron chi connectivity index (χ4n) is 8.92. The molecular formula is C34H45NO4. The normalized spacial score (nSPS) is 35.7. The molecule has 0 amide bonds. The summed E-state index contributed by atoms with van der Waals surface area (Å²) >= 11 is 0. The molecule has 3 unspecified atom stereocenters. The molecule has 5 nitrogen and oxygen atoms in total. The summed E-state index contributed by atoms with van der Waals surface area (Å²) in [5.41, 5.74) is 3.22. The summed E-state index contributed by atoms with van der Waals surface area (Å²) in [4.78, 5) is 28.5. The van der Waals surface area contributed by atoms with Crippen LogP contribution in [0.5, 0.6) is 11.5 Å². The van der Waals surface area contributed by atoms with Crippen molar-refractivity contribution < 1.29 is 19.1 Å². The molecule has 210 valence electrons. The first kappa shape index (κ1) is 26.8. The second-order valence-corrected chi connectivity index (χ2v) is 13.3. The van der Waals surface area contributed by atoms with Crippen LogP contribution in [-0.2, 0) is 9.59 Å². The number of rotatable bonds is 6. The first-order valence-electron chi connectivity index (χ1n) is 15.3. The van der Waals surface area contributed by atoms with Gasteiger partial charge in [0.25, 0.3) is 0 Å². The highest BCUT2D eigenvalue weighted by molar-refractivity contribution is 6.06. The number of carbonyl (C=O) groups is 2. The van der Waals surface area contributed by atoms with Crippen molar-refractivity contribution >= 4 is 17.6 Å². The van der Waals surface area contributed by atoms with E-state index in [1.807, 2.05) is 18.2 Å². The molecule has 5 atom stereocenters. The fraction of sp³-hybridized carbons (Fsp3) is 0.647. The summed E-state index contributed by atoms with van der Waals surface area (Å²) in [6.07, 6.45) is 14.7. The largest absolute Gasteiger partial charge is 0.493 e. The maximum Gasteiger partial charge on any atom is 0.165 e. The molecule has 1 heterocycles. The quantitative estimate of drug-likeness (QED) is 0.385. The molecule has 5 aliphatic rings. The number of allylic oxidation sites excluding steroid dienone is 2. The van der Waals surface area contributed by atoms with Crippen LogP contribution in [0, 0.1) is 28.6 Å². The van der Waals surface area contributed by atoms with E-state index in [1.165, 1.54) is 37.9 Å². The van der Waals surface area contributed by atoms with Crippen LogP contribution in [0.1, 0.15) is 83.6 Å². The zero-order valence-corrected chi connectivity index (χ0v) is 24.1. The Kier molecular flexibility index (Phi) is 7.24. The Labute approximate surface area is 234 Å². The number of ether oxygens (including phenoxy) is 2. The van der Waals surface area contributed by atoms with Gasteiger partial charge in [-0.15, -0.1) is 0 Å². The van der Waals surface area contributed by atoms with E-state index in [9.17, 15) is 9.59 Å². The van der Waals surface area contributed by atoms with Crippen molar-refractivity contribution in [3.63, 3.8) is 0 Å². The minimum atomic E-state index is -0.267. The molecule has 0 bridgehead atoms. The highest BCUT2D eigenvalue weighted by atomic mass is 16.5. The number of methoxy groups -OCH3 is 1. The number of nitrogens with zero attached hydrogens (tertiary/aromatic N) is 1. The van der Waals surface area contributed by atoms with Gasteiger partial charge in [0.15, 0.2) is 23.1 Å². The molecule has 0 spiro atoms. The van der Waals surface area contributed by atoms with Crippen molar-refractivity contribution in [2.24, 2.45) is 28.6 Å². The number of fused-ring (bicyclic) bond motifs is 5. The van der Waals surface area contributed by atoms with E-state index in [2.05, 4.69) is 30.9 Å². The topological polar surface area (TPSA) is 55.8 Å². The van der Waals surface area contributed by atoms with Crippen LogP contribution in [-0.4, -0.2) is 49.8 Å². The lowest BCUT2D eigenvalue weighted by atomic mass is 9.47. The van der Waals surface area contributed by atoms with Crippen molar-refractivity contribution in [3.8, 4) is 11.5 Å². The SMILES string of the molecule is COc1cc(/C=C2\CC3C4CCC5=CC(=O)CC[C@]5(C)C4CC[C@]3(C)C2=O)ccc1OCCN1CCCCC1. The van der Waals surface area contributed by atoms with Gasteiger partial charge in [0.05, 0.1) is 7.11 Å². The summed E-state index contributed by atoms with van der Waals surface area (Å²) in [6, 6.07) is 6.07. The van der Waals surface area contributed by atoms with Crippen LogP contribution in [0.15, 0.2) is 35.4 Å². The molecule has 0 N–H and O–H groups in total. The van der Waals surface area contributed by atoms with Gasteiger partial charge in [-0.05, 0) is 123 Å². The van der Waals surface area contributed by atoms with E-state index >= 15 is 0 Å². The number of hydrogen-bond acceptors (Lipinski definition) is 5. The van der Waals surface area contributed by atoms with Crippen molar-refractivity contribution in [2.75, 3.05) is 33.4 Å². The Balaban J connectivity index is 1.18. The van der Waals surface area contributed by atoms with Crippen LogP contribution in [0.4, 0.5) is 0 Å². The van der Waals surface area contributed by atoms with E-state index in [-0.39, 0.29) is 10.8 Å². The molecular weight excluding hydrogens is 486 g/mol. The van der Waals surface area contributed by atoms with E-state index in [4.69, 9.17) is 9.47 Å². The summed E-state index contributed by atoms with van der Waals surface area (Å²) < 4.78 is 11.8. The van der Waals surface area contributed by atoms with Gasteiger partial charge in [0, 0.05) is 18.4 Å². The molecule has 39 heavy (non-hydrogen) atoms. The molecule has 1 aromatic rings. The maximum absolute atomic E-state index is 13.9. The Morgan fingerprint density at radius 2 is 1.79 bits per heavy atom. The summed E-state index contributed by atoms with van der Waals surface area (Å²) in [6.45, 7) is 8.56. The number of hydrogen-bond donors (Lipinski definition) is 0. The first-order chi connectivity index (χ1) is 18.8. The van der Waals surface area contributed by atoms with Gasteiger partial charge in [0.2, 0.25) is 0 Å². The standard InChI is InChI=1S/C34H45NO4/c1-33-13-11-26(36)22-25(33)8-9-27-28(33)12-14-34(2)29(27)21-24(32(34)37)19-23-7-10-30(31(20-23)38-3)39-18-17-35-15-5-4-6-16-35/h7,10,19-20,22,27-29H,4-6,8-9,11-18,21H2,1-3H3/b24-19+/t27?,28?,29?,33-,34-/m0/s1. The van der Waals surface area contributed by atoms with Gasteiger partial charge >= 0.3 is 0 Å². The highest BCUT2D eigenvalue weighted by Crippen LogP contribution is 2.65. The molecule has 1 saturated heterocycles. The molecule has 4 fully saturated rings. The average Bonchev–Trinajstić information content (AvgIpc) is 3.20. The smallest absolute Gasteiger partial charge is 0.165 e. The Morgan fingerprint density at radius 3 is 2.59 bits per heavy atom. The predicted octanol–water partition coefficient (Wildman–Crippen LogP) is 6.65. The Hall–Kier alpha value is -2.40. The van der Waals surface area contributed by atoms with Crippen LogP contribution >= 0.6 is 0 Å². The lowest BCUT2D eigenvalue weighted by Crippen LogP contribution is -2.50. The number of piperidine rings is 1. The van der Waals surface area contributed by atoms with E-state index in [0.717, 1.165) is 67.7 Å². The van der Waals surface area contributed by atoms with Gasteiger partial charge in [-0.3, -0.25) is 14.5 Å². The molecule has 5 heteroatoms. The lowest BCUT2D eigenvalue weighted by Gasteiger charge is -2.56. The van der Waals surface area contributed by atoms with E-state index < -0.39 is 0 Å². The average molecular weight is 532 g/mol. The molecule has 1 aromatic carbocycles. The van der Waals surface area contributed by atoms with Gasteiger partial charge in [-0.25, -0.2) is 0 Å². The van der Waals surface area contributed by atoms with Crippen LogP contribution < -0.4 is 9.47 Å². The van der Waals surface area contributed by atoms with Gasteiger partial charge < -0.3 is 9.47 Å². The molecule has 1 aliphatic heterocycles. The number of carbonyl (C=O) groups excluding carboxylic acids is 2. The van der Waals surface area contributed by atoms with Crippen LogP contribution in [0.3, 0.4) is 0 Å². The minimum Gasteiger partial charge on any atom is -0.493 e. The number of benzene rings is 1. The molecule has 3 saturated carbocycles. The zero-order valence-electron chi connectivity index (χ0n) is 24.1. The van der Waals surface area contributed by atoms with Gasteiger partial charge in [-0.2, -0.15) is 0 Å². The second-order valence-electron chi connectivity index (χ2n) is 13.3. The number of ketones is 2. The van der Waals surface area contributed by atoms with E-state index in [1.54, 1.807) is 7.11 Å². The van der Waals surface area contributed by atoms with Crippen LogP contribution in [0.25, 0.3) is 6.08 Å². The van der Waals surface area contributed by atoms with Crippen molar-refractivity contribution in [1.82, 2.24) is 4.90 Å². The third-order valence-corrected chi connectivity index (χ3v) is 11.2.